The number of ether oxygens (including phenoxy) is 1. The Morgan fingerprint density at radius 3 is 2.38 bits per heavy atom. The summed E-state index contributed by atoms with van der Waals surface area (Å²) in [4.78, 5) is 40.5. The normalized spacial score (nSPS) is 17.0. The van der Waals surface area contributed by atoms with Crippen molar-refractivity contribution < 1.29 is 28.6 Å². The Morgan fingerprint density at radius 1 is 1.07 bits per heavy atom. The van der Waals surface area contributed by atoms with Crippen LogP contribution >= 0.6 is 0 Å². The molecule has 0 atom stereocenters. The third-order valence-electron chi connectivity index (χ3n) is 7.92. The van der Waals surface area contributed by atoms with Crippen LogP contribution in [0.15, 0.2) is 54.7 Å². The van der Waals surface area contributed by atoms with Crippen molar-refractivity contribution in [1.29, 1.82) is 0 Å². The number of halogens is 1. The summed E-state index contributed by atoms with van der Waals surface area (Å²) in [5, 5.41) is 15.1. The molecule has 1 aliphatic rings. The Labute approximate surface area is 243 Å². The minimum atomic E-state index is -1.18. The summed E-state index contributed by atoms with van der Waals surface area (Å²) in [5.74, 6) is -0.338. The van der Waals surface area contributed by atoms with Gasteiger partial charge in [0.15, 0.2) is 5.82 Å². The van der Waals surface area contributed by atoms with Crippen molar-refractivity contribution in [2.75, 3.05) is 11.5 Å². The van der Waals surface area contributed by atoms with Crippen LogP contribution in [0.4, 0.5) is 15.0 Å². The molecule has 5 rings (SSSR count). The molecule has 0 saturated heterocycles. The lowest BCUT2D eigenvalue weighted by molar-refractivity contribution is -0.124. The summed E-state index contributed by atoms with van der Waals surface area (Å²) >= 11 is 0. The van der Waals surface area contributed by atoms with E-state index in [-0.39, 0.29) is 35.9 Å². The smallest absolute Gasteiger partial charge is 0.416 e. The molecule has 1 amide bonds. The van der Waals surface area contributed by atoms with Crippen LogP contribution in [0.1, 0.15) is 63.7 Å². The predicted molar refractivity (Wildman–Crippen MR) is 158 cm³/mol. The molecule has 1 aliphatic carbocycles. The first-order valence-corrected chi connectivity index (χ1v) is 14.3. The summed E-state index contributed by atoms with van der Waals surface area (Å²) in [7, 11) is 0. The maximum Gasteiger partial charge on any atom is 0.416 e. The maximum atomic E-state index is 13.8. The highest BCUT2D eigenvalue weighted by molar-refractivity contribution is 6.02. The van der Waals surface area contributed by atoms with Gasteiger partial charge >= 0.3 is 12.1 Å². The van der Waals surface area contributed by atoms with Crippen molar-refractivity contribution >= 4 is 34.7 Å². The molecule has 2 aromatic heterocycles. The van der Waals surface area contributed by atoms with Gasteiger partial charge in [0, 0.05) is 23.5 Å². The van der Waals surface area contributed by atoms with Gasteiger partial charge < -0.3 is 9.84 Å². The van der Waals surface area contributed by atoms with Crippen LogP contribution in [0.2, 0.25) is 0 Å². The average Bonchev–Trinajstić information content (AvgIpc) is 3.56. The summed E-state index contributed by atoms with van der Waals surface area (Å²) in [6.07, 6.45) is 3.97. The van der Waals surface area contributed by atoms with Gasteiger partial charge in [0.2, 0.25) is 5.91 Å². The van der Waals surface area contributed by atoms with Crippen LogP contribution in [-0.4, -0.2) is 50.1 Å². The monoisotopic (exact) mass is 574 g/mol. The van der Waals surface area contributed by atoms with Crippen LogP contribution < -0.4 is 4.90 Å². The lowest BCUT2D eigenvalue weighted by Crippen LogP contribution is -2.43. The molecule has 1 fully saturated rings. The van der Waals surface area contributed by atoms with E-state index in [4.69, 9.17) is 9.84 Å². The van der Waals surface area contributed by atoms with Gasteiger partial charge in [-0.15, -0.1) is 5.10 Å². The SMILES string of the molecule is CCOC(=O)c1cn(-c2ccc(-c3cc4cc(F)ccc4n3C(=O)O)cc2)nc1N(C(=O)[C@H]1CC[C@H](C)CC1)C(C)C. The number of amides is 1. The topological polar surface area (TPSA) is 107 Å². The zero-order chi connectivity index (χ0) is 30.1. The average molecular weight is 575 g/mol. The molecule has 0 spiro atoms. The van der Waals surface area contributed by atoms with Gasteiger partial charge in [0.25, 0.3) is 0 Å². The number of fused-ring (bicyclic) bond motifs is 1. The number of hydrogen-bond donors (Lipinski definition) is 1. The molecule has 10 heteroatoms. The predicted octanol–water partition coefficient (Wildman–Crippen LogP) is 6.90. The quantitative estimate of drug-likeness (QED) is 0.241. The zero-order valence-corrected chi connectivity index (χ0v) is 24.2. The van der Waals surface area contributed by atoms with Gasteiger partial charge in [-0.05, 0) is 94.3 Å². The molecule has 0 unspecified atom stereocenters. The standard InChI is InChI=1S/C32H35FN4O5/c1-5-42-31(39)26-18-35(34-29(26)36(19(2)3)30(38)22-8-6-20(4)7-9-22)25-13-10-21(11-14-25)28-17-23-16-24(33)12-15-27(23)37(28)32(40)41/h10-20,22H,5-9H2,1-4H3,(H,40,41)/t20-,22-. The van der Waals surface area contributed by atoms with E-state index in [2.05, 4.69) is 6.92 Å². The molecule has 1 N–H and O–H groups in total. The molecule has 2 heterocycles. The summed E-state index contributed by atoms with van der Waals surface area (Å²) in [6.45, 7) is 7.91. The third kappa shape index (κ3) is 5.53. The van der Waals surface area contributed by atoms with Crippen LogP contribution in [-0.2, 0) is 9.53 Å². The Kier molecular flexibility index (Phi) is 8.15. The Morgan fingerprint density at radius 2 is 1.76 bits per heavy atom. The van der Waals surface area contributed by atoms with Crippen LogP contribution in [0, 0.1) is 17.7 Å². The molecule has 42 heavy (non-hydrogen) atoms. The highest BCUT2D eigenvalue weighted by atomic mass is 19.1. The first-order valence-electron chi connectivity index (χ1n) is 14.3. The van der Waals surface area contributed by atoms with Crippen molar-refractivity contribution in [1.82, 2.24) is 14.3 Å². The molecule has 4 aromatic rings. The highest BCUT2D eigenvalue weighted by Crippen LogP contribution is 2.34. The number of carboxylic acid groups (broad SMARTS) is 1. The number of nitrogens with zero attached hydrogens (tertiary/aromatic N) is 4. The molecule has 2 aromatic carbocycles. The van der Waals surface area contributed by atoms with E-state index >= 15 is 0 Å². The van der Waals surface area contributed by atoms with Crippen molar-refractivity contribution in [3.63, 3.8) is 0 Å². The fourth-order valence-electron chi connectivity index (χ4n) is 5.72. The Hall–Kier alpha value is -4.47. The Balaban J connectivity index is 1.53. The number of hydrogen-bond acceptors (Lipinski definition) is 5. The summed E-state index contributed by atoms with van der Waals surface area (Å²) in [6, 6.07) is 12.3. The van der Waals surface area contributed by atoms with E-state index in [1.54, 1.807) is 48.4 Å². The Bertz CT molecular complexity index is 1630. The van der Waals surface area contributed by atoms with E-state index in [9.17, 15) is 23.9 Å². The van der Waals surface area contributed by atoms with Gasteiger partial charge in [-0.2, -0.15) is 0 Å². The fraction of sp³-hybridized carbons (Fsp3) is 0.375. The van der Waals surface area contributed by atoms with Crippen LogP contribution in [0.3, 0.4) is 0 Å². The number of anilines is 1. The number of carbonyl (C=O) groups excluding carboxylic acids is 2. The molecule has 0 bridgehead atoms. The van der Waals surface area contributed by atoms with Crippen molar-refractivity contribution in [2.24, 2.45) is 11.8 Å². The first kappa shape index (κ1) is 29.0. The number of carbonyl (C=O) groups is 3. The van der Waals surface area contributed by atoms with E-state index in [0.717, 1.165) is 30.3 Å². The second-order valence-electron chi connectivity index (χ2n) is 11.2. The summed E-state index contributed by atoms with van der Waals surface area (Å²) in [5.41, 5.74) is 2.16. The van der Waals surface area contributed by atoms with Gasteiger partial charge in [-0.3, -0.25) is 9.69 Å². The second kappa shape index (κ2) is 11.8. The van der Waals surface area contributed by atoms with Crippen molar-refractivity contribution in [3.8, 4) is 16.9 Å². The molecule has 0 aliphatic heterocycles. The van der Waals surface area contributed by atoms with Gasteiger partial charge in [-0.1, -0.05) is 19.1 Å². The van der Waals surface area contributed by atoms with Crippen molar-refractivity contribution in [3.05, 3.63) is 66.1 Å². The van der Waals surface area contributed by atoms with E-state index in [1.807, 2.05) is 13.8 Å². The van der Waals surface area contributed by atoms with Crippen LogP contribution in [0.5, 0.6) is 0 Å². The van der Waals surface area contributed by atoms with Gasteiger partial charge in [-0.25, -0.2) is 23.2 Å². The van der Waals surface area contributed by atoms with E-state index < -0.39 is 17.9 Å². The van der Waals surface area contributed by atoms with Crippen LogP contribution in [0.25, 0.3) is 27.8 Å². The van der Waals surface area contributed by atoms with Gasteiger partial charge in [0.05, 0.1) is 23.5 Å². The van der Waals surface area contributed by atoms with Crippen molar-refractivity contribution in [2.45, 2.75) is 59.4 Å². The maximum absolute atomic E-state index is 13.8. The fourth-order valence-corrected chi connectivity index (χ4v) is 5.72. The second-order valence-corrected chi connectivity index (χ2v) is 11.2. The minimum Gasteiger partial charge on any atom is -0.464 e. The minimum absolute atomic E-state index is 0.0408. The molecule has 1 saturated carbocycles. The number of benzene rings is 2. The number of esters is 1. The number of rotatable bonds is 7. The summed E-state index contributed by atoms with van der Waals surface area (Å²) < 4.78 is 21.8. The lowest BCUT2D eigenvalue weighted by atomic mass is 9.82. The number of aromatic nitrogens is 3. The highest BCUT2D eigenvalue weighted by Gasteiger charge is 2.34. The third-order valence-corrected chi connectivity index (χ3v) is 7.92. The van der Waals surface area contributed by atoms with E-state index in [0.29, 0.717) is 33.8 Å². The van der Waals surface area contributed by atoms with Gasteiger partial charge in [0.1, 0.15) is 11.4 Å². The molecule has 220 valence electrons. The molecule has 0 radical (unpaired) electrons. The van der Waals surface area contributed by atoms with E-state index in [1.165, 1.54) is 22.9 Å². The molecule has 9 nitrogen and oxygen atoms in total. The zero-order valence-electron chi connectivity index (χ0n) is 24.2. The lowest BCUT2D eigenvalue weighted by Gasteiger charge is -2.32. The first-order chi connectivity index (χ1) is 20.1. The largest absolute Gasteiger partial charge is 0.464 e. The molecular formula is C32H35FN4O5. The molecular weight excluding hydrogens is 539 g/mol.